The Balaban J connectivity index is 1.93. The maximum absolute atomic E-state index is 12.8. The van der Waals surface area contributed by atoms with Crippen molar-refractivity contribution in [2.24, 2.45) is 0 Å². The fraction of sp³-hybridized carbons (Fsp3) is 0.263. The van der Waals surface area contributed by atoms with E-state index in [0.29, 0.717) is 17.1 Å². The molecule has 2 aromatic heterocycles. The Kier molecular flexibility index (Phi) is 5.24. The molecule has 0 saturated heterocycles. The van der Waals surface area contributed by atoms with Crippen LogP contribution in [0.2, 0.25) is 5.02 Å². The Morgan fingerprint density at radius 3 is 2.92 bits per heavy atom. The number of hydrogen-bond acceptors (Lipinski definition) is 4. The van der Waals surface area contributed by atoms with E-state index in [4.69, 9.17) is 18.0 Å². The van der Waals surface area contributed by atoms with Crippen molar-refractivity contribution < 1.29 is 0 Å². The Hall–Kier alpha value is -2.13. The van der Waals surface area contributed by atoms with E-state index in [0.717, 1.165) is 21.6 Å². The third kappa shape index (κ3) is 3.77. The van der Waals surface area contributed by atoms with Crippen LogP contribution in [0.15, 0.2) is 34.4 Å². The van der Waals surface area contributed by atoms with Gasteiger partial charge in [-0.3, -0.25) is 9.36 Å². The fourth-order valence-corrected chi connectivity index (χ4v) is 3.60. The zero-order chi connectivity index (χ0) is 18.0. The second-order valence-electron chi connectivity index (χ2n) is 5.86. The highest BCUT2D eigenvalue weighted by Crippen LogP contribution is 2.20. The van der Waals surface area contributed by atoms with Crippen LogP contribution in [0.25, 0.3) is 10.9 Å². The SMILES string of the molecule is C#CCn1c(=O)c(CNC(C)c2csc(C)n2)cc2ccc(Cl)cc21. The average molecular weight is 372 g/mol. The Morgan fingerprint density at radius 2 is 2.24 bits per heavy atom. The summed E-state index contributed by atoms with van der Waals surface area (Å²) in [5.41, 5.74) is 2.31. The molecule has 0 spiro atoms. The van der Waals surface area contributed by atoms with Gasteiger partial charge in [0.05, 0.1) is 22.8 Å². The molecule has 0 aliphatic heterocycles. The summed E-state index contributed by atoms with van der Waals surface area (Å²) in [5.74, 6) is 2.55. The lowest BCUT2D eigenvalue weighted by Crippen LogP contribution is -2.28. The molecule has 2 heterocycles. The molecule has 1 atom stereocenters. The molecular weight excluding hydrogens is 354 g/mol. The molecule has 0 fully saturated rings. The lowest BCUT2D eigenvalue weighted by Gasteiger charge is -2.14. The number of aryl methyl sites for hydroxylation is 1. The zero-order valence-corrected chi connectivity index (χ0v) is 15.6. The van der Waals surface area contributed by atoms with E-state index in [9.17, 15) is 4.79 Å². The predicted molar refractivity (Wildman–Crippen MR) is 104 cm³/mol. The van der Waals surface area contributed by atoms with Crippen LogP contribution in [0, 0.1) is 19.3 Å². The van der Waals surface area contributed by atoms with E-state index in [1.54, 1.807) is 22.0 Å². The van der Waals surface area contributed by atoms with Crippen LogP contribution in [0.3, 0.4) is 0 Å². The first kappa shape index (κ1) is 17.7. The lowest BCUT2D eigenvalue weighted by molar-refractivity contribution is 0.559. The molecule has 6 heteroatoms. The number of benzene rings is 1. The summed E-state index contributed by atoms with van der Waals surface area (Å²) >= 11 is 7.69. The highest BCUT2D eigenvalue weighted by Gasteiger charge is 2.12. The number of rotatable bonds is 5. The highest BCUT2D eigenvalue weighted by molar-refractivity contribution is 7.09. The molecule has 3 rings (SSSR count). The van der Waals surface area contributed by atoms with E-state index in [2.05, 4.69) is 16.2 Å². The van der Waals surface area contributed by atoms with E-state index >= 15 is 0 Å². The molecule has 3 aromatic rings. The summed E-state index contributed by atoms with van der Waals surface area (Å²) in [6, 6.07) is 7.44. The van der Waals surface area contributed by atoms with Crippen molar-refractivity contribution in [1.29, 1.82) is 0 Å². The number of halogens is 1. The molecule has 0 radical (unpaired) electrons. The van der Waals surface area contributed by atoms with Crippen LogP contribution in [-0.4, -0.2) is 9.55 Å². The van der Waals surface area contributed by atoms with Crippen LogP contribution in [-0.2, 0) is 13.1 Å². The largest absolute Gasteiger partial charge is 0.305 e. The van der Waals surface area contributed by atoms with Crippen molar-refractivity contribution in [2.75, 3.05) is 0 Å². The zero-order valence-electron chi connectivity index (χ0n) is 14.0. The molecule has 0 aliphatic carbocycles. The Bertz CT molecular complexity index is 1020. The van der Waals surface area contributed by atoms with Crippen molar-refractivity contribution in [1.82, 2.24) is 14.9 Å². The van der Waals surface area contributed by atoms with Gasteiger partial charge < -0.3 is 5.32 Å². The summed E-state index contributed by atoms with van der Waals surface area (Å²) < 4.78 is 1.59. The van der Waals surface area contributed by atoms with E-state index < -0.39 is 0 Å². The fourth-order valence-electron chi connectivity index (χ4n) is 2.73. The van der Waals surface area contributed by atoms with E-state index in [-0.39, 0.29) is 18.1 Å². The number of hydrogen-bond donors (Lipinski definition) is 1. The quantitative estimate of drug-likeness (QED) is 0.692. The van der Waals surface area contributed by atoms with Crippen molar-refractivity contribution in [3.63, 3.8) is 0 Å². The van der Waals surface area contributed by atoms with Gasteiger partial charge in [-0.15, -0.1) is 17.8 Å². The summed E-state index contributed by atoms with van der Waals surface area (Å²) in [6.45, 7) is 4.67. The predicted octanol–water partition coefficient (Wildman–Crippen LogP) is 3.90. The van der Waals surface area contributed by atoms with E-state index in [1.807, 2.05) is 37.4 Å². The van der Waals surface area contributed by atoms with Crippen molar-refractivity contribution in [3.8, 4) is 12.3 Å². The highest BCUT2D eigenvalue weighted by atomic mass is 35.5. The monoisotopic (exact) mass is 371 g/mol. The number of nitrogens with zero attached hydrogens (tertiary/aromatic N) is 2. The number of fused-ring (bicyclic) bond motifs is 1. The first-order valence-electron chi connectivity index (χ1n) is 7.90. The van der Waals surface area contributed by atoms with Gasteiger partial charge in [-0.1, -0.05) is 23.6 Å². The summed E-state index contributed by atoms with van der Waals surface area (Å²) in [6.07, 6.45) is 5.44. The van der Waals surface area contributed by atoms with Crippen molar-refractivity contribution in [3.05, 3.63) is 61.3 Å². The molecule has 128 valence electrons. The van der Waals surface area contributed by atoms with Crippen molar-refractivity contribution >= 4 is 33.8 Å². The normalized spacial score (nSPS) is 12.2. The standard InChI is InChI=1S/C19H18ClN3OS/c1-4-7-23-18-9-16(20)6-5-14(18)8-15(19(23)24)10-21-12(2)17-11-25-13(3)22-17/h1,5-6,8-9,11-12,21H,7,10H2,2-3H3. The Labute approximate surface area is 155 Å². The summed E-state index contributed by atoms with van der Waals surface area (Å²) in [7, 11) is 0. The van der Waals surface area contributed by atoms with Crippen LogP contribution in [0.1, 0.15) is 29.2 Å². The summed E-state index contributed by atoms with van der Waals surface area (Å²) in [5, 5.41) is 7.95. The lowest BCUT2D eigenvalue weighted by atomic mass is 10.1. The number of nitrogens with one attached hydrogen (secondary N) is 1. The topological polar surface area (TPSA) is 46.9 Å². The minimum absolute atomic E-state index is 0.0614. The molecule has 0 saturated carbocycles. The Morgan fingerprint density at radius 1 is 1.44 bits per heavy atom. The average Bonchev–Trinajstić information content (AvgIpc) is 3.02. The van der Waals surface area contributed by atoms with Crippen LogP contribution in [0.5, 0.6) is 0 Å². The number of thiazole rings is 1. The third-order valence-electron chi connectivity index (χ3n) is 4.06. The van der Waals surface area contributed by atoms with Gasteiger partial charge >= 0.3 is 0 Å². The van der Waals surface area contributed by atoms with Gasteiger partial charge in [0, 0.05) is 28.6 Å². The van der Waals surface area contributed by atoms with Crippen LogP contribution >= 0.6 is 22.9 Å². The first-order chi connectivity index (χ1) is 12.0. The molecule has 0 amide bonds. The maximum Gasteiger partial charge on any atom is 0.256 e. The first-order valence-corrected chi connectivity index (χ1v) is 9.16. The molecule has 0 aliphatic rings. The number of terminal acetylenes is 1. The molecule has 4 nitrogen and oxygen atoms in total. The third-order valence-corrected chi connectivity index (χ3v) is 5.09. The van der Waals surface area contributed by atoms with Gasteiger partial charge in [0.15, 0.2) is 0 Å². The van der Waals surface area contributed by atoms with Crippen LogP contribution in [0.4, 0.5) is 0 Å². The number of pyridine rings is 1. The minimum atomic E-state index is -0.0955. The van der Waals surface area contributed by atoms with Crippen molar-refractivity contribution in [2.45, 2.75) is 33.0 Å². The van der Waals surface area contributed by atoms with Gasteiger partial charge in [0.2, 0.25) is 0 Å². The molecule has 1 unspecified atom stereocenters. The van der Waals surface area contributed by atoms with E-state index in [1.165, 1.54) is 0 Å². The van der Waals surface area contributed by atoms with Gasteiger partial charge in [-0.25, -0.2) is 4.98 Å². The summed E-state index contributed by atoms with van der Waals surface area (Å²) in [4.78, 5) is 17.3. The second-order valence-corrected chi connectivity index (χ2v) is 7.36. The molecule has 25 heavy (non-hydrogen) atoms. The molecule has 0 bridgehead atoms. The second kappa shape index (κ2) is 7.40. The minimum Gasteiger partial charge on any atom is -0.305 e. The maximum atomic E-state index is 12.8. The van der Waals surface area contributed by atoms with Gasteiger partial charge in [-0.2, -0.15) is 0 Å². The van der Waals surface area contributed by atoms with Gasteiger partial charge in [-0.05, 0) is 37.4 Å². The number of aromatic nitrogens is 2. The van der Waals surface area contributed by atoms with Crippen LogP contribution < -0.4 is 10.9 Å². The molecular formula is C19H18ClN3OS. The smallest absolute Gasteiger partial charge is 0.256 e. The van der Waals surface area contributed by atoms with Gasteiger partial charge in [0.25, 0.3) is 5.56 Å². The molecule has 1 N–H and O–H groups in total. The molecule has 1 aromatic carbocycles. The van der Waals surface area contributed by atoms with Gasteiger partial charge in [0.1, 0.15) is 0 Å².